The summed E-state index contributed by atoms with van der Waals surface area (Å²) in [5, 5.41) is 9.60. The Labute approximate surface area is 141 Å². The van der Waals surface area contributed by atoms with Crippen LogP contribution in [0.3, 0.4) is 0 Å². The van der Waals surface area contributed by atoms with Crippen LogP contribution >= 0.6 is 0 Å². The molecule has 0 fully saturated rings. The third kappa shape index (κ3) is 4.42. The quantitative estimate of drug-likeness (QED) is 0.621. The number of nitrogens with one attached hydrogen (secondary N) is 3. The fourth-order valence-corrected chi connectivity index (χ4v) is 2.22. The molecule has 3 heterocycles. The van der Waals surface area contributed by atoms with Crippen LogP contribution in [0.2, 0.25) is 0 Å². The van der Waals surface area contributed by atoms with Gasteiger partial charge in [0.25, 0.3) is 0 Å². The molecule has 0 amide bonds. The van der Waals surface area contributed by atoms with Crippen LogP contribution in [0, 0.1) is 0 Å². The Morgan fingerprint density at radius 3 is 2.00 bits per heavy atom. The summed E-state index contributed by atoms with van der Waals surface area (Å²) < 4.78 is 0. The molecule has 3 aromatic heterocycles. The Morgan fingerprint density at radius 1 is 0.708 bits per heavy atom. The molecule has 0 saturated heterocycles. The van der Waals surface area contributed by atoms with Gasteiger partial charge in [0, 0.05) is 13.2 Å². The molecule has 6 nitrogen and oxygen atoms in total. The molecule has 24 heavy (non-hydrogen) atoms. The average molecular weight is 320 g/mol. The van der Waals surface area contributed by atoms with Crippen molar-refractivity contribution >= 4 is 17.5 Å². The van der Waals surface area contributed by atoms with Gasteiger partial charge in [0.2, 0.25) is 0 Å². The van der Waals surface area contributed by atoms with Gasteiger partial charge in [-0.25, -0.2) is 15.0 Å². The van der Waals surface area contributed by atoms with Gasteiger partial charge in [-0.15, -0.1) is 0 Å². The van der Waals surface area contributed by atoms with E-state index in [0.717, 1.165) is 28.8 Å². The van der Waals surface area contributed by atoms with Gasteiger partial charge in [0.1, 0.15) is 17.5 Å². The zero-order chi connectivity index (χ0) is 16.6. The third-order valence-electron chi connectivity index (χ3n) is 3.44. The number of rotatable bonds is 7. The van der Waals surface area contributed by atoms with Crippen LogP contribution in [0.5, 0.6) is 0 Å². The van der Waals surface area contributed by atoms with Gasteiger partial charge in [-0.05, 0) is 36.4 Å². The first-order valence-electron chi connectivity index (χ1n) is 7.82. The highest BCUT2D eigenvalue weighted by Crippen LogP contribution is 2.10. The van der Waals surface area contributed by atoms with E-state index in [-0.39, 0.29) is 0 Å². The molecule has 3 aromatic rings. The van der Waals surface area contributed by atoms with Crippen LogP contribution in [0.4, 0.5) is 17.5 Å². The molecule has 0 aromatic carbocycles. The van der Waals surface area contributed by atoms with E-state index in [1.54, 1.807) is 6.20 Å². The van der Waals surface area contributed by atoms with Crippen molar-refractivity contribution in [2.24, 2.45) is 0 Å². The monoisotopic (exact) mass is 320 g/mol. The van der Waals surface area contributed by atoms with E-state index in [0.29, 0.717) is 13.1 Å². The van der Waals surface area contributed by atoms with Crippen molar-refractivity contribution < 1.29 is 0 Å². The fraction of sp³-hybridized carbons (Fsp3) is 0.167. The van der Waals surface area contributed by atoms with Gasteiger partial charge < -0.3 is 16.0 Å². The van der Waals surface area contributed by atoms with Gasteiger partial charge in [-0.2, -0.15) is 0 Å². The molecule has 0 spiro atoms. The van der Waals surface area contributed by atoms with E-state index < -0.39 is 0 Å². The summed E-state index contributed by atoms with van der Waals surface area (Å²) in [5.74, 6) is 2.52. The molecule has 0 bridgehead atoms. The van der Waals surface area contributed by atoms with Gasteiger partial charge in [-0.1, -0.05) is 18.2 Å². The van der Waals surface area contributed by atoms with Crippen LogP contribution in [-0.2, 0) is 13.1 Å². The lowest BCUT2D eigenvalue weighted by Gasteiger charge is -2.09. The van der Waals surface area contributed by atoms with E-state index >= 15 is 0 Å². The topological polar surface area (TPSA) is 74.8 Å². The predicted octanol–water partition coefficient (Wildman–Crippen LogP) is 3.14. The van der Waals surface area contributed by atoms with E-state index in [9.17, 15) is 0 Å². The second-order valence-corrected chi connectivity index (χ2v) is 5.20. The van der Waals surface area contributed by atoms with E-state index in [2.05, 4.69) is 30.9 Å². The summed E-state index contributed by atoms with van der Waals surface area (Å²) in [6, 6.07) is 17.6. The van der Waals surface area contributed by atoms with E-state index in [4.69, 9.17) is 0 Å². The number of aromatic nitrogens is 3. The molecule has 3 N–H and O–H groups in total. The normalized spacial score (nSPS) is 10.2. The van der Waals surface area contributed by atoms with Gasteiger partial charge in [0.15, 0.2) is 0 Å². The molecule has 0 aliphatic rings. The van der Waals surface area contributed by atoms with Crippen molar-refractivity contribution in [3.05, 3.63) is 72.2 Å². The second-order valence-electron chi connectivity index (χ2n) is 5.20. The van der Waals surface area contributed by atoms with Gasteiger partial charge >= 0.3 is 0 Å². The number of nitrogens with zero attached hydrogens (tertiary/aromatic N) is 3. The smallest absolute Gasteiger partial charge is 0.126 e. The Hall–Kier alpha value is -3.15. The highest BCUT2D eigenvalue weighted by molar-refractivity contribution is 5.39. The molecular formula is C18H20N6. The zero-order valence-corrected chi connectivity index (χ0v) is 13.5. The second kappa shape index (κ2) is 7.92. The van der Waals surface area contributed by atoms with Crippen molar-refractivity contribution in [3.63, 3.8) is 0 Å². The minimum absolute atomic E-state index is 0.625. The Bertz CT molecular complexity index is 775. The minimum atomic E-state index is 0.625. The number of anilines is 3. The van der Waals surface area contributed by atoms with Gasteiger partial charge in [0.05, 0.1) is 24.5 Å². The zero-order valence-electron chi connectivity index (χ0n) is 13.5. The maximum Gasteiger partial charge on any atom is 0.126 e. The first kappa shape index (κ1) is 15.7. The fourth-order valence-electron chi connectivity index (χ4n) is 2.22. The summed E-state index contributed by atoms with van der Waals surface area (Å²) in [6.45, 7) is 1.25. The Balaban J connectivity index is 1.58. The predicted molar refractivity (Wildman–Crippen MR) is 96.9 cm³/mol. The van der Waals surface area contributed by atoms with Crippen molar-refractivity contribution in [2.75, 3.05) is 23.0 Å². The van der Waals surface area contributed by atoms with E-state index in [1.807, 2.05) is 61.6 Å². The van der Waals surface area contributed by atoms with Crippen molar-refractivity contribution in [2.45, 2.75) is 13.1 Å². The first-order valence-corrected chi connectivity index (χ1v) is 7.82. The molecule has 3 rings (SSSR count). The van der Waals surface area contributed by atoms with E-state index in [1.165, 1.54) is 0 Å². The highest BCUT2D eigenvalue weighted by Gasteiger charge is 2.01. The maximum atomic E-state index is 4.60. The van der Waals surface area contributed by atoms with Crippen LogP contribution in [0.1, 0.15) is 11.4 Å². The number of hydrogen-bond donors (Lipinski definition) is 3. The summed E-state index contributed by atoms with van der Waals surface area (Å²) in [7, 11) is 1.86. The SMILES string of the molecule is CNc1cccc(CNc2cccc(CNc3ccccn3)n2)n1. The molecule has 0 saturated carbocycles. The van der Waals surface area contributed by atoms with Crippen LogP contribution in [0.15, 0.2) is 60.8 Å². The van der Waals surface area contributed by atoms with Crippen molar-refractivity contribution in [1.82, 2.24) is 15.0 Å². The molecule has 0 aliphatic carbocycles. The summed E-state index contributed by atoms with van der Waals surface area (Å²) in [5.41, 5.74) is 1.91. The Kier molecular flexibility index (Phi) is 5.19. The molecular weight excluding hydrogens is 300 g/mol. The maximum absolute atomic E-state index is 4.60. The molecule has 122 valence electrons. The standard InChI is InChI=1S/C18H20N6/c1-19-16-9-4-6-14(23-16)13-22-18-10-5-7-15(24-18)12-21-17-8-2-3-11-20-17/h2-11H,12-13H2,1H3,(H,19,23)(H,20,21)(H,22,24). The Morgan fingerprint density at radius 2 is 1.33 bits per heavy atom. The largest absolute Gasteiger partial charge is 0.373 e. The van der Waals surface area contributed by atoms with Gasteiger partial charge in [-0.3, -0.25) is 0 Å². The average Bonchev–Trinajstić information content (AvgIpc) is 2.66. The lowest BCUT2D eigenvalue weighted by Crippen LogP contribution is -2.07. The summed E-state index contributed by atoms with van der Waals surface area (Å²) in [4.78, 5) is 13.3. The van der Waals surface area contributed by atoms with Crippen molar-refractivity contribution in [1.29, 1.82) is 0 Å². The van der Waals surface area contributed by atoms with Crippen LogP contribution in [-0.4, -0.2) is 22.0 Å². The lowest BCUT2D eigenvalue weighted by atomic mass is 10.3. The molecule has 0 radical (unpaired) electrons. The van der Waals surface area contributed by atoms with Crippen molar-refractivity contribution in [3.8, 4) is 0 Å². The summed E-state index contributed by atoms with van der Waals surface area (Å²) >= 11 is 0. The first-order chi connectivity index (χ1) is 11.8. The van der Waals surface area contributed by atoms with Crippen LogP contribution < -0.4 is 16.0 Å². The lowest BCUT2D eigenvalue weighted by molar-refractivity contribution is 0.993. The number of pyridine rings is 3. The molecule has 6 heteroatoms. The minimum Gasteiger partial charge on any atom is -0.373 e. The summed E-state index contributed by atoms with van der Waals surface area (Å²) in [6.07, 6.45) is 1.76. The van der Waals surface area contributed by atoms with Crippen LogP contribution in [0.25, 0.3) is 0 Å². The number of hydrogen-bond acceptors (Lipinski definition) is 6. The third-order valence-corrected chi connectivity index (χ3v) is 3.44. The molecule has 0 atom stereocenters. The molecule has 0 unspecified atom stereocenters. The highest BCUT2D eigenvalue weighted by atomic mass is 15.0. The molecule has 0 aliphatic heterocycles.